The van der Waals surface area contributed by atoms with Crippen molar-refractivity contribution in [1.82, 2.24) is 4.90 Å². The van der Waals surface area contributed by atoms with Gasteiger partial charge in [-0.05, 0) is 42.8 Å². The Morgan fingerprint density at radius 3 is 2.56 bits per heavy atom. The van der Waals surface area contributed by atoms with E-state index in [0.717, 1.165) is 6.07 Å². The number of alkyl halides is 2. The molecule has 0 radical (unpaired) electrons. The van der Waals surface area contributed by atoms with Gasteiger partial charge in [0.1, 0.15) is 5.82 Å². The van der Waals surface area contributed by atoms with Crippen molar-refractivity contribution in [3.63, 3.8) is 0 Å². The van der Waals surface area contributed by atoms with Gasteiger partial charge in [-0.1, -0.05) is 12.1 Å². The van der Waals surface area contributed by atoms with E-state index in [1.807, 2.05) is 0 Å². The average molecular weight is 353 g/mol. The first-order valence-corrected chi connectivity index (χ1v) is 7.62. The lowest BCUT2D eigenvalue weighted by Gasteiger charge is -2.19. The van der Waals surface area contributed by atoms with Crippen molar-refractivity contribution in [2.45, 2.75) is 20.1 Å². The molecule has 2 rings (SSSR count). The molecule has 2 aromatic rings. The van der Waals surface area contributed by atoms with Crippen LogP contribution in [0.4, 0.5) is 13.2 Å². The van der Waals surface area contributed by atoms with Gasteiger partial charge in [-0.3, -0.25) is 4.79 Å². The van der Waals surface area contributed by atoms with Crippen LogP contribution >= 0.6 is 0 Å². The first-order valence-electron chi connectivity index (χ1n) is 7.62. The van der Waals surface area contributed by atoms with Gasteiger partial charge in [0, 0.05) is 19.2 Å². The van der Waals surface area contributed by atoms with Crippen LogP contribution in [0.5, 0.6) is 11.5 Å². The molecule has 0 atom stereocenters. The van der Waals surface area contributed by atoms with Crippen LogP contribution in [-0.4, -0.2) is 31.1 Å². The first-order chi connectivity index (χ1) is 11.9. The highest BCUT2D eigenvalue weighted by atomic mass is 19.3. The van der Waals surface area contributed by atoms with E-state index >= 15 is 0 Å². The second-order valence-corrected chi connectivity index (χ2v) is 5.26. The lowest BCUT2D eigenvalue weighted by molar-refractivity contribution is -0.0514. The van der Waals surface area contributed by atoms with E-state index in [1.54, 1.807) is 20.0 Å². The molecule has 0 heterocycles. The van der Waals surface area contributed by atoms with E-state index in [0.29, 0.717) is 5.56 Å². The molecule has 0 N–H and O–H groups in total. The van der Waals surface area contributed by atoms with Gasteiger partial charge in [0.05, 0.1) is 6.61 Å². The molecule has 0 aromatic heterocycles. The Morgan fingerprint density at radius 1 is 1.16 bits per heavy atom. The fourth-order valence-electron chi connectivity index (χ4n) is 2.30. The molecule has 0 aliphatic heterocycles. The zero-order valence-corrected chi connectivity index (χ0v) is 13.8. The monoisotopic (exact) mass is 353 g/mol. The SMILES string of the molecule is CCOc1cc(CN(C)C(=O)c2cccc(F)c2)ccc1OC(F)F. The number of carbonyl (C=O) groups is 1. The number of halogens is 3. The molecule has 0 aliphatic carbocycles. The first kappa shape index (κ1) is 18.6. The molecule has 0 spiro atoms. The molecule has 0 unspecified atom stereocenters. The van der Waals surface area contributed by atoms with Crippen molar-refractivity contribution in [3.8, 4) is 11.5 Å². The highest BCUT2D eigenvalue weighted by Gasteiger charge is 2.15. The number of ether oxygens (including phenoxy) is 2. The minimum Gasteiger partial charge on any atom is -0.490 e. The Labute approximate surface area is 143 Å². The summed E-state index contributed by atoms with van der Waals surface area (Å²) < 4.78 is 47.8. The molecule has 0 saturated heterocycles. The summed E-state index contributed by atoms with van der Waals surface area (Å²) in [7, 11) is 1.57. The fraction of sp³-hybridized carbons (Fsp3) is 0.278. The third-order valence-electron chi connectivity index (χ3n) is 3.36. The average Bonchev–Trinajstić information content (AvgIpc) is 2.56. The molecule has 0 aliphatic rings. The molecule has 4 nitrogen and oxygen atoms in total. The zero-order valence-electron chi connectivity index (χ0n) is 13.8. The largest absolute Gasteiger partial charge is 0.490 e. The number of rotatable bonds is 7. The van der Waals surface area contributed by atoms with E-state index in [1.165, 1.54) is 35.2 Å². The van der Waals surface area contributed by atoms with Gasteiger partial charge in [0.25, 0.3) is 5.91 Å². The summed E-state index contributed by atoms with van der Waals surface area (Å²) in [5.41, 5.74) is 0.891. The second kappa shape index (κ2) is 8.41. The molecule has 134 valence electrons. The number of hydrogen-bond donors (Lipinski definition) is 0. The van der Waals surface area contributed by atoms with E-state index in [4.69, 9.17) is 4.74 Å². The number of amides is 1. The smallest absolute Gasteiger partial charge is 0.387 e. The molecular weight excluding hydrogens is 335 g/mol. The van der Waals surface area contributed by atoms with Crippen LogP contribution in [0, 0.1) is 5.82 Å². The molecule has 2 aromatic carbocycles. The quantitative estimate of drug-likeness (QED) is 0.752. The van der Waals surface area contributed by atoms with Gasteiger partial charge >= 0.3 is 6.61 Å². The summed E-state index contributed by atoms with van der Waals surface area (Å²) in [6.45, 7) is -0.758. The number of hydrogen-bond acceptors (Lipinski definition) is 3. The van der Waals surface area contributed by atoms with Crippen molar-refractivity contribution in [1.29, 1.82) is 0 Å². The topological polar surface area (TPSA) is 38.8 Å². The maximum atomic E-state index is 13.2. The predicted octanol–water partition coefficient (Wildman–Crippen LogP) is 4.10. The Kier molecular flexibility index (Phi) is 6.27. The van der Waals surface area contributed by atoms with Crippen molar-refractivity contribution in [2.24, 2.45) is 0 Å². The Balaban J connectivity index is 2.15. The molecular formula is C18H18F3NO3. The number of nitrogens with zero attached hydrogens (tertiary/aromatic N) is 1. The number of benzene rings is 2. The molecule has 1 amide bonds. The van der Waals surface area contributed by atoms with Crippen LogP contribution in [0.1, 0.15) is 22.8 Å². The van der Waals surface area contributed by atoms with Gasteiger partial charge in [0.2, 0.25) is 0 Å². The molecule has 0 bridgehead atoms. The highest BCUT2D eigenvalue weighted by Crippen LogP contribution is 2.30. The van der Waals surface area contributed by atoms with E-state index < -0.39 is 12.4 Å². The normalized spacial score (nSPS) is 10.6. The van der Waals surface area contributed by atoms with Crippen molar-refractivity contribution >= 4 is 5.91 Å². The van der Waals surface area contributed by atoms with Crippen LogP contribution in [0.25, 0.3) is 0 Å². The van der Waals surface area contributed by atoms with E-state index in [-0.39, 0.29) is 36.1 Å². The predicted molar refractivity (Wildman–Crippen MR) is 86.4 cm³/mol. The summed E-state index contributed by atoms with van der Waals surface area (Å²) in [5, 5.41) is 0. The summed E-state index contributed by atoms with van der Waals surface area (Å²) in [5.74, 6) is -0.747. The summed E-state index contributed by atoms with van der Waals surface area (Å²) in [4.78, 5) is 13.7. The third kappa shape index (κ3) is 5.14. The third-order valence-corrected chi connectivity index (χ3v) is 3.36. The van der Waals surface area contributed by atoms with Crippen LogP contribution in [-0.2, 0) is 6.54 Å². The van der Waals surface area contributed by atoms with Crippen LogP contribution < -0.4 is 9.47 Å². The summed E-state index contributed by atoms with van der Waals surface area (Å²) in [6.07, 6.45) is 0. The summed E-state index contributed by atoms with van der Waals surface area (Å²) >= 11 is 0. The lowest BCUT2D eigenvalue weighted by Crippen LogP contribution is -2.26. The molecule has 7 heteroatoms. The lowest BCUT2D eigenvalue weighted by atomic mass is 10.1. The second-order valence-electron chi connectivity index (χ2n) is 5.26. The van der Waals surface area contributed by atoms with E-state index in [9.17, 15) is 18.0 Å². The van der Waals surface area contributed by atoms with Gasteiger partial charge in [0.15, 0.2) is 11.5 Å². The maximum absolute atomic E-state index is 13.2. The minimum atomic E-state index is -2.96. The van der Waals surface area contributed by atoms with Gasteiger partial charge in [-0.15, -0.1) is 0 Å². The minimum absolute atomic E-state index is 0.0697. The Hall–Kier alpha value is -2.70. The van der Waals surface area contributed by atoms with Gasteiger partial charge in [-0.2, -0.15) is 8.78 Å². The highest BCUT2D eigenvalue weighted by molar-refractivity contribution is 5.94. The van der Waals surface area contributed by atoms with E-state index in [2.05, 4.69) is 4.74 Å². The van der Waals surface area contributed by atoms with Crippen LogP contribution in [0.2, 0.25) is 0 Å². The maximum Gasteiger partial charge on any atom is 0.387 e. The van der Waals surface area contributed by atoms with Crippen molar-refractivity contribution < 1.29 is 27.4 Å². The Bertz CT molecular complexity index is 737. The Morgan fingerprint density at radius 2 is 1.92 bits per heavy atom. The van der Waals surface area contributed by atoms with Crippen molar-refractivity contribution in [3.05, 3.63) is 59.4 Å². The summed E-state index contributed by atoms with van der Waals surface area (Å²) in [6, 6.07) is 9.86. The van der Waals surface area contributed by atoms with Crippen LogP contribution in [0.15, 0.2) is 42.5 Å². The number of carbonyl (C=O) groups excluding carboxylic acids is 1. The zero-order chi connectivity index (χ0) is 18.4. The molecule has 0 fully saturated rings. The molecule has 0 saturated carbocycles. The standard InChI is InChI=1S/C18H18F3NO3/c1-3-24-16-9-12(7-8-15(16)25-18(20)21)11-22(2)17(23)13-5-4-6-14(19)10-13/h4-10,18H,3,11H2,1-2H3. The van der Waals surface area contributed by atoms with Gasteiger partial charge in [-0.25, -0.2) is 4.39 Å². The molecule has 25 heavy (non-hydrogen) atoms. The van der Waals surface area contributed by atoms with Crippen molar-refractivity contribution in [2.75, 3.05) is 13.7 Å². The van der Waals surface area contributed by atoms with Gasteiger partial charge < -0.3 is 14.4 Å². The van der Waals surface area contributed by atoms with Crippen LogP contribution in [0.3, 0.4) is 0 Å². The fourth-order valence-corrected chi connectivity index (χ4v) is 2.30.